The summed E-state index contributed by atoms with van der Waals surface area (Å²) in [5, 5.41) is 2.88. The van der Waals surface area contributed by atoms with Crippen molar-refractivity contribution in [3.05, 3.63) is 18.3 Å². The fraction of sp³-hybridized carbons (Fsp3) is 0.632. The van der Waals surface area contributed by atoms with Gasteiger partial charge in [0.15, 0.2) is 11.3 Å². The van der Waals surface area contributed by atoms with Gasteiger partial charge in [-0.3, -0.25) is 9.59 Å². The van der Waals surface area contributed by atoms with Crippen LogP contribution in [0.2, 0.25) is 0 Å². The molecule has 5 rings (SSSR count). The Hall–Kier alpha value is -2.62. The number of H-pyrrole nitrogens is 1. The van der Waals surface area contributed by atoms with Crippen LogP contribution in [0, 0.1) is 5.92 Å². The van der Waals surface area contributed by atoms with Crippen molar-refractivity contribution in [1.29, 1.82) is 0 Å². The second-order valence-electron chi connectivity index (χ2n) is 8.30. The van der Waals surface area contributed by atoms with Crippen molar-refractivity contribution < 1.29 is 18.7 Å². The SMILES string of the molecule is O=C(c1ncnc2nc[nH]c12)N1CC2CC(NC(=O)C3(F)CCCOC3)CC1C2. The second kappa shape index (κ2) is 7.01. The lowest BCUT2D eigenvalue weighted by molar-refractivity contribution is -0.143. The lowest BCUT2D eigenvalue weighted by Crippen LogP contribution is -2.53. The molecule has 0 aromatic carbocycles. The number of nitrogens with one attached hydrogen (secondary N) is 2. The summed E-state index contributed by atoms with van der Waals surface area (Å²) in [6.45, 7) is 0.923. The molecule has 9 nitrogen and oxygen atoms in total. The van der Waals surface area contributed by atoms with E-state index in [1.165, 1.54) is 12.7 Å². The van der Waals surface area contributed by atoms with Gasteiger partial charge in [-0.2, -0.15) is 0 Å². The van der Waals surface area contributed by atoms with Gasteiger partial charge >= 0.3 is 0 Å². The van der Waals surface area contributed by atoms with Crippen LogP contribution in [0.1, 0.15) is 42.6 Å². The zero-order valence-corrected chi connectivity index (χ0v) is 15.9. The van der Waals surface area contributed by atoms with Crippen LogP contribution in [0.3, 0.4) is 0 Å². The standard InChI is InChI=1S/C19H23FN6O3/c20-19(2-1-3-29-8-19)18(28)25-12-4-11-5-13(6-12)26(7-11)17(27)15-14-16(23-9-21-14)24-10-22-15/h9-13H,1-8H2,(H,25,28)(H,21,22,23,24). The summed E-state index contributed by atoms with van der Waals surface area (Å²) in [6, 6.07) is -0.145. The number of hydrogen-bond acceptors (Lipinski definition) is 6. The normalized spacial score (nSPS) is 31.8. The predicted molar refractivity (Wildman–Crippen MR) is 99.7 cm³/mol. The molecule has 0 radical (unpaired) electrons. The molecular formula is C19H23FN6O3. The number of amides is 2. The monoisotopic (exact) mass is 402 g/mol. The second-order valence-corrected chi connectivity index (χ2v) is 8.30. The van der Waals surface area contributed by atoms with Gasteiger partial charge in [0.1, 0.15) is 11.8 Å². The summed E-state index contributed by atoms with van der Waals surface area (Å²) in [4.78, 5) is 42.7. The van der Waals surface area contributed by atoms with Crippen LogP contribution in [0.25, 0.3) is 11.2 Å². The number of aromatic nitrogens is 4. The molecule has 2 aromatic heterocycles. The van der Waals surface area contributed by atoms with Crippen LogP contribution < -0.4 is 5.32 Å². The summed E-state index contributed by atoms with van der Waals surface area (Å²) in [5.74, 6) is -0.472. The number of ether oxygens (including phenoxy) is 1. The number of fused-ring (bicyclic) bond motifs is 3. The van der Waals surface area contributed by atoms with Gasteiger partial charge in [-0.1, -0.05) is 0 Å². The zero-order chi connectivity index (χ0) is 20.0. The number of carbonyl (C=O) groups excluding carboxylic acids is 2. The van der Waals surface area contributed by atoms with Crippen LogP contribution in [-0.4, -0.2) is 74.2 Å². The van der Waals surface area contributed by atoms with E-state index < -0.39 is 11.6 Å². The van der Waals surface area contributed by atoms with Gasteiger partial charge in [0, 0.05) is 25.2 Å². The predicted octanol–water partition coefficient (Wildman–Crippen LogP) is 0.981. The Balaban J connectivity index is 1.29. The van der Waals surface area contributed by atoms with E-state index in [1.54, 1.807) is 0 Å². The minimum absolute atomic E-state index is 0.00217. The molecule has 154 valence electrons. The maximum Gasteiger partial charge on any atom is 0.275 e. The molecule has 2 aromatic rings. The van der Waals surface area contributed by atoms with Crippen molar-refractivity contribution >= 4 is 23.0 Å². The van der Waals surface area contributed by atoms with Crippen LogP contribution in [-0.2, 0) is 9.53 Å². The average Bonchev–Trinajstić information content (AvgIpc) is 3.31. The van der Waals surface area contributed by atoms with Crippen molar-refractivity contribution in [2.45, 2.75) is 49.9 Å². The number of rotatable bonds is 3. The molecule has 2 aliphatic heterocycles. The maximum atomic E-state index is 14.8. The van der Waals surface area contributed by atoms with E-state index in [9.17, 15) is 14.0 Å². The highest BCUT2D eigenvalue weighted by molar-refractivity contribution is 6.02. The minimum atomic E-state index is -1.95. The highest BCUT2D eigenvalue weighted by Gasteiger charge is 2.46. The Morgan fingerprint density at radius 2 is 2.17 bits per heavy atom. The van der Waals surface area contributed by atoms with Gasteiger partial charge in [0.25, 0.3) is 11.8 Å². The number of hydrogen-bond donors (Lipinski definition) is 2. The number of likely N-dealkylation sites (tertiary alicyclic amines) is 1. The first-order chi connectivity index (χ1) is 14.0. The number of aromatic amines is 1. The van der Waals surface area contributed by atoms with Crippen molar-refractivity contribution in [3.8, 4) is 0 Å². The first kappa shape index (κ1) is 18.4. The molecule has 0 spiro atoms. The molecule has 29 heavy (non-hydrogen) atoms. The van der Waals surface area contributed by atoms with Gasteiger partial charge in [-0.25, -0.2) is 19.3 Å². The highest BCUT2D eigenvalue weighted by Crippen LogP contribution is 2.37. The number of carbonyl (C=O) groups is 2. The highest BCUT2D eigenvalue weighted by atomic mass is 19.1. The van der Waals surface area contributed by atoms with Gasteiger partial charge in [-0.15, -0.1) is 0 Å². The van der Waals surface area contributed by atoms with Gasteiger partial charge in [-0.05, 0) is 38.0 Å². The Morgan fingerprint density at radius 1 is 1.28 bits per heavy atom. The summed E-state index contributed by atoms with van der Waals surface area (Å²) in [6.07, 6.45) is 5.81. The van der Waals surface area contributed by atoms with E-state index in [0.717, 1.165) is 12.8 Å². The summed E-state index contributed by atoms with van der Waals surface area (Å²) >= 11 is 0. The molecule has 4 heterocycles. The first-order valence-corrected chi connectivity index (χ1v) is 10.1. The molecular weight excluding hydrogens is 379 g/mol. The van der Waals surface area contributed by atoms with Crippen LogP contribution >= 0.6 is 0 Å². The topological polar surface area (TPSA) is 113 Å². The van der Waals surface area contributed by atoms with Crippen molar-refractivity contribution in [2.24, 2.45) is 5.92 Å². The fourth-order valence-electron chi connectivity index (χ4n) is 4.92. The Morgan fingerprint density at radius 3 is 3.00 bits per heavy atom. The molecule has 1 aliphatic carbocycles. The van der Waals surface area contributed by atoms with E-state index in [1.807, 2.05) is 4.90 Å². The largest absolute Gasteiger partial charge is 0.378 e. The Bertz CT molecular complexity index is 943. The molecule has 1 saturated carbocycles. The number of imidazole rings is 1. The molecule has 2 bridgehead atoms. The summed E-state index contributed by atoms with van der Waals surface area (Å²) in [5.41, 5.74) is -0.654. The van der Waals surface area contributed by atoms with Gasteiger partial charge in [0.2, 0.25) is 5.67 Å². The molecule has 10 heteroatoms. The fourth-order valence-corrected chi connectivity index (χ4v) is 4.92. The van der Waals surface area contributed by atoms with Crippen LogP contribution in [0.4, 0.5) is 4.39 Å². The summed E-state index contributed by atoms with van der Waals surface area (Å²) < 4.78 is 20.0. The van der Waals surface area contributed by atoms with Gasteiger partial charge < -0.3 is 19.9 Å². The maximum absolute atomic E-state index is 14.8. The molecule has 2 saturated heterocycles. The Labute approximate surface area is 166 Å². The number of halogens is 1. The molecule has 2 N–H and O–H groups in total. The molecule has 4 atom stereocenters. The third-order valence-electron chi connectivity index (χ3n) is 6.30. The third-order valence-corrected chi connectivity index (χ3v) is 6.30. The van der Waals surface area contributed by atoms with Crippen LogP contribution in [0.15, 0.2) is 12.7 Å². The molecule has 4 unspecified atom stereocenters. The van der Waals surface area contributed by atoms with E-state index in [2.05, 4.69) is 25.3 Å². The lowest BCUT2D eigenvalue weighted by Gasteiger charge is -2.33. The number of alkyl halides is 1. The summed E-state index contributed by atoms with van der Waals surface area (Å²) in [7, 11) is 0. The van der Waals surface area contributed by atoms with Gasteiger partial charge in [0.05, 0.1) is 12.9 Å². The van der Waals surface area contributed by atoms with Crippen molar-refractivity contribution in [3.63, 3.8) is 0 Å². The quantitative estimate of drug-likeness (QED) is 0.791. The molecule has 2 amide bonds. The lowest BCUT2D eigenvalue weighted by atomic mass is 9.86. The Kier molecular flexibility index (Phi) is 4.45. The van der Waals surface area contributed by atoms with Crippen molar-refractivity contribution in [1.82, 2.24) is 30.2 Å². The zero-order valence-electron chi connectivity index (χ0n) is 15.9. The average molecular weight is 402 g/mol. The van der Waals surface area contributed by atoms with E-state index >= 15 is 0 Å². The minimum Gasteiger partial charge on any atom is -0.378 e. The van der Waals surface area contributed by atoms with E-state index in [4.69, 9.17) is 4.74 Å². The van der Waals surface area contributed by atoms with Crippen LogP contribution in [0.5, 0.6) is 0 Å². The molecule has 3 aliphatic rings. The van der Waals surface area contributed by atoms with E-state index in [-0.39, 0.29) is 36.9 Å². The van der Waals surface area contributed by atoms with Crippen molar-refractivity contribution in [2.75, 3.05) is 19.8 Å². The van der Waals surface area contributed by atoms with E-state index in [0.29, 0.717) is 42.9 Å². The molecule has 3 fully saturated rings. The first-order valence-electron chi connectivity index (χ1n) is 10.1. The third kappa shape index (κ3) is 3.25. The smallest absolute Gasteiger partial charge is 0.275 e. The number of nitrogens with zero attached hydrogens (tertiary/aromatic N) is 4.